The van der Waals surface area contributed by atoms with E-state index in [1.165, 1.54) is 29.8 Å². The molecular formula is C23H27FN2O2. The lowest BCUT2D eigenvalue weighted by atomic mass is 9.94. The van der Waals surface area contributed by atoms with Crippen LogP contribution >= 0.6 is 0 Å². The number of nitrogens with one attached hydrogen (secondary N) is 1. The SMILES string of the molecule is CCc1ccc(C(C)NC(=O)C2CCN(C(=O)c3ccc(F)cc3)CC2)cc1. The molecule has 1 heterocycles. The lowest BCUT2D eigenvalue weighted by Gasteiger charge is -2.32. The number of benzene rings is 2. The smallest absolute Gasteiger partial charge is 0.253 e. The van der Waals surface area contributed by atoms with Gasteiger partial charge in [0.05, 0.1) is 6.04 Å². The second-order valence-electron chi connectivity index (χ2n) is 7.40. The number of carbonyl (C=O) groups is 2. The van der Waals surface area contributed by atoms with Crippen molar-refractivity contribution in [3.63, 3.8) is 0 Å². The molecule has 148 valence electrons. The summed E-state index contributed by atoms with van der Waals surface area (Å²) in [6, 6.07) is 13.9. The number of halogens is 1. The quantitative estimate of drug-likeness (QED) is 0.846. The molecule has 0 radical (unpaired) electrons. The molecule has 0 aromatic heterocycles. The summed E-state index contributed by atoms with van der Waals surface area (Å²) in [5, 5.41) is 3.10. The summed E-state index contributed by atoms with van der Waals surface area (Å²) in [5.74, 6) is -0.510. The molecule has 4 nitrogen and oxygen atoms in total. The first kappa shape index (κ1) is 20.1. The van der Waals surface area contributed by atoms with E-state index in [9.17, 15) is 14.0 Å². The van der Waals surface area contributed by atoms with Crippen LogP contribution in [-0.4, -0.2) is 29.8 Å². The molecule has 28 heavy (non-hydrogen) atoms. The average molecular weight is 382 g/mol. The fourth-order valence-electron chi connectivity index (χ4n) is 3.58. The highest BCUT2D eigenvalue weighted by atomic mass is 19.1. The minimum Gasteiger partial charge on any atom is -0.349 e. The Labute approximate surface area is 165 Å². The molecule has 2 aromatic carbocycles. The molecule has 1 atom stereocenters. The summed E-state index contributed by atoms with van der Waals surface area (Å²) in [5.41, 5.74) is 2.85. The molecule has 3 rings (SSSR count). The summed E-state index contributed by atoms with van der Waals surface area (Å²) in [4.78, 5) is 26.9. The van der Waals surface area contributed by atoms with Gasteiger partial charge in [0.2, 0.25) is 5.91 Å². The molecular weight excluding hydrogens is 355 g/mol. The molecule has 0 spiro atoms. The zero-order valence-electron chi connectivity index (χ0n) is 16.5. The Morgan fingerprint density at radius 2 is 1.68 bits per heavy atom. The van der Waals surface area contributed by atoms with Crippen LogP contribution in [0.1, 0.15) is 54.2 Å². The molecule has 1 fully saturated rings. The van der Waals surface area contributed by atoms with Gasteiger partial charge in [-0.2, -0.15) is 0 Å². The summed E-state index contributed by atoms with van der Waals surface area (Å²) in [7, 11) is 0. The third-order valence-corrected chi connectivity index (χ3v) is 5.49. The van der Waals surface area contributed by atoms with Crippen molar-refractivity contribution in [2.45, 2.75) is 39.2 Å². The molecule has 5 heteroatoms. The maximum absolute atomic E-state index is 13.0. The van der Waals surface area contributed by atoms with Gasteiger partial charge in [0.25, 0.3) is 5.91 Å². The minimum atomic E-state index is -0.356. The summed E-state index contributed by atoms with van der Waals surface area (Å²) >= 11 is 0. The molecule has 2 aromatic rings. The van der Waals surface area contributed by atoms with Crippen LogP contribution in [0.3, 0.4) is 0 Å². The Balaban J connectivity index is 1.51. The van der Waals surface area contributed by atoms with Crippen molar-refractivity contribution < 1.29 is 14.0 Å². The van der Waals surface area contributed by atoms with Crippen molar-refractivity contribution in [3.8, 4) is 0 Å². The Morgan fingerprint density at radius 3 is 2.25 bits per heavy atom. The third-order valence-electron chi connectivity index (χ3n) is 5.49. The van der Waals surface area contributed by atoms with E-state index in [-0.39, 0.29) is 29.6 Å². The number of carbonyl (C=O) groups excluding carboxylic acids is 2. The second-order valence-corrected chi connectivity index (χ2v) is 7.40. The zero-order chi connectivity index (χ0) is 20.1. The van der Waals surface area contributed by atoms with Gasteiger partial charge in [-0.25, -0.2) is 4.39 Å². The predicted molar refractivity (Wildman–Crippen MR) is 107 cm³/mol. The predicted octanol–water partition coefficient (Wildman–Crippen LogP) is 4.12. The van der Waals surface area contributed by atoms with E-state index in [1.807, 2.05) is 6.92 Å². The van der Waals surface area contributed by atoms with Crippen LogP contribution in [0.5, 0.6) is 0 Å². The van der Waals surface area contributed by atoms with Crippen LogP contribution in [0.2, 0.25) is 0 Å². The van der Waals surface area contributed by atoms with Crippen molar-refractivity contribution in [1.82, 2.24) is 10.2 Å². The highest BCUT2D eigenvalue weighted by molar-refractivity contribution is 5.94. The van der Waals surface area contributed by atoms with Gasteiger partial charge < -0.3 is 10.2 Å². The molecule has 1 unspecified atom stereocenters. The van der Waals surface area contributed by atoms with Crippen LogP contribution in [0.4, 0.5) is 4.39 Å². The van der Waals surface area contributed by atoms with Gasteiger partial charge >= 0.3 is 0 Å². The molecule has 1 saturated heterocycles. The number of hydrogen-bond donors (Lipinski definition) is 1. The molecule has 0 saturated carbocycles. The van der Waals surface area contributed by atoms with Crippen molar-refractivity contribution >= 4 is 11.8 Å². The standard InChI is InChI=1S/C23H27FN2O2/c1-3-17-4-6-18(7-5-17)16(2)25-22(27)19-12-14-26(15-13-19)23(28)20-8-10-21(24)11-9-20/h4-11,16,19H,3,12-15H2,1-2H3,(H,25,27). The maximum atomic E-state index is 13.0. The van der Waals surface area contributed by atoms with E-state index in [1.54, 1.807) is 4.90 Å². The number of rotatable bonds is 5. The number of amides is 2. The van der Waals surface area contributed by atoms with Gasteiger partial charge in [-0.05, 0) is 61.6 Å². The molecule has 0 aliphatic carbocycles. The normalized spacial score (nSPS) is 15.9. The van der Waals surface area contributed by atoms with E-state index in [4.69, 9.17) is 0 Å². The number of hydrogen-bond acceptors (Lipinski definition) is 2. The van der Waals surface area contributed by atoms with Gasteiger partial charge in [-0.3, -0.25) is 9.59 Å². The lowest BCUT2D eigenvalue weighted by Crippen LogP contribution is -2.43. The Morgan fingerprint density at radius 1 is 1.07 bits per heavy atom. The van der Waals surface area contributed by atoms with E-state index < -0.39 is 0 Å². The van der Waals surface area contributed by atoms with Crippen molar-refractivity contribution in [2.24, 2.45) is 5.92 Å². The average Bonchev–Trinajstić information content (AvgIpc) is 2.74. The lowest BCUT2D eigenvalue weighted by molar-refractivity contribution is -0.126. The fraction of sp³-hybridized carbons (Fsp3) is 0.391. The minimum absolute atomic E-state index is 0.0425. The van der Waals surface area contributed by atoms with Crippen molar-refractivity contribution in [1.29, 1.82) is 0 Å². The maximum Gasteiger partial charge on any atom is 0.253 e. The molecule has 2 amide bonds. The van der Waals surface area contributed by atoms with Crippen LogP contribution in [0.15, 0.2) is 48.5 Å². The highest BCUT2D eigenvalue weighted by Gasteiger charge is 2.28. The Kier molecular flexibility index (Phi) is 6.45. The summed E-state index contributed by atoms with van der Waals surface area (Å²) in [6.07, 6.45) is 2.27. The number of likely N-dealkylation sites (tertiary alicyclic amines) is 1. The number of piperidine rings is 1. The number of nitrogens with zero attached hydrogens (tertiary/aromatic N) is 1. The van der Waals surface area contributed by atoms with Gasteiger partial charge in [-0.15, -0.1) is 0 Å². The zero-order valence-corrected chi connectivity index (χ0v) is 16.5. The number of aryl methyl sites for hydroxylation is 1. The largest absolute Gasteiger partial charge is 0.349 e. The van der Waals surface area contributed by atoms with E-state index in [0.717, 1.165) is 12.0 Å². The van der Waals surface area contributed by atoms with Crippen LogP contribution in [0.25, 0.3) is 0 Å². The first-order valence-corrected chi connectivity index (χ1v) is 9.92. The van der Waals surface area contributed by atoms with Crippen molar-refractivity contribution in [3.05, 3.63) is 71.0 Å². The molecule has 0 bridgehead atoms. The third kappa shape index (κ3) is 4.77. The molecule has 1 aliphatic rings. The van der Waals surface area contributed by atoms with E-state index in [2.05, 4.69) is 36.5 Å². The topological polar surface area (TPSA) is 49.4 Å². The van der Waals surface area contributed by atoms with Crippen LogP contribution < -0.4 is 5.32 Å². The monoisotopic (exact) mass is 382 g/mol. The van der Waals surface area contributed by atoms with Crippen LogP contribution in [0, 0.1) is 11.7 Å². The van der Waals surface area contributed by atoms with E-state index >= 15 is 0 Å². The first-order chi connectivity index (χ1) is 13.5. The van der Waals surface area contributed by atoms with E-state index in [0.29, 0.717) is 31.5 Å². The molecule has 1 N–H and O–H groups in total. The van der Waals surface area contributed by atoms with Gasteiger partial charge in [0.15, 0.2) is 0 Å². The summed E-state index contributed by atoms with van der Waals surface area (Å²) < 4.78 is 13.0. The summed E-state index contributed by atoms with van der Waals surface area (Å²) in [6.45, 7) is 5.18. The van der Waals surface area contributed by atoms with Gasteiger partial charge in [0, 0.05) is 24.6 Å². The van der Waals surface area contributed by atoms with Gasteiger partial charge in [-0.1, -0.05) is 31.2 Å². The fourth-order valence-corrected chi connectivity index (χ4v) is 3.58. The van der Waals surface area contributed by atoms with Gasteiger partial charge in [0.1, 0.15) is 5.82 Å². The first-order valence-electron chi connectivity index (χ1n) is 9.92. The second kappa shape index (κ2) is 9.00. The van der Waals surface area contributed by atoms with Crippen LogP contribution in [-0.2, 0) is 11.2 Å². The Bertz CT molecular complexity index is 810. The highest BCUT2D eigenvalue weighted by Crippen LogP contribution is 2.21. The Hall–Kier alpha value is -2.69. The molecule has 1 aliphatic heterocycles. The van der Waals surface area contributed by atoms with Crippen molar-refractivity contribution in [2.75, 3.05) is 13.1 Å².